The van der Waals surface area contributed by atoms with Gasteiger partial charge in [-0.05, 0) is 51.0 Å². The molecule has 5 nitrogen and oxygen atoms in total. The van der Waals surface area contributed by atoms with E-state index in [4.69, 9.17) is 9.47 Å². The number of nitrogens with one attached hydrogen (secondary N) is 1. The normalized spacial score (nSPS) is 11.5. The maximum atomic E-state index is 12.1. The number of carbonyl (C=O) groups excluding carboxylic acids is 2. The number of carbonyl (C=O) groups is 2. The van der Waals surface area contributed by atoms with Crippen molar-refractivity contribution >= 4 is 17.6 Å². The summed E-state index contributed by atoms with van der Waals surface area (Å²) in [7, 11) is 0. The molecule has 2 aromatic rings. The Kier molecular flexibility index (Phi) is 6.17. The van der Waals surface area contributed by atoms with E-state index in [0.29, 0.717) is 11.4 Å². The molecular formula is C20H23NO4. The zero-order valence-corrected chi connectivity index (χ0v) is 15.0. The minimum Gasteiger partial charge on any atom is -0.481 e. The average molecular weight is 341 g/mol. The van der Waals surface area contributed by atoms with Gasteiger partial charge >= 0.3 is 5.97 Å². The van der Waals surface area contributed by atoms with Gasteiger partial charge in [-0.1, -0.05) is 35.9 Å². The highest BCUT2D eigenvalue weighted by molar-refractivity contribution is 5.95. The number of hydrogen-bond donors (Lipinski definition) is 1. The van der Waals surface area contributed by atoms with Gasteiger partial charge in [0.2, 0.25) is 0 Å². The molecule has 0 heterocycles. The first kappa shape index (κ1) is 18.5. The van der Waals surface area contributed by atoms with Crippen LogP contribution in [0.4, 0.5) is 5.69 Å². The summed E-state index contributed by atoms with van der Waals surface area (Å²) in [5.74, 6) is -0.310. The van der Waals surface area contributed by atoms with Gasteiger partial charge in [-0.2, -0.15) is 0 Å². The lowest BCUT2D eigenvalue weighted by atomic mass is 10.1. The lowest BCUT2D eigenvalue weighted by Gasteiger charge is -2.15. The molecule has 0 aliphatic heterocycles. The van der Waals surface area contributed by atoms with E-state index in [1.54, 1.807) is 12.1 Å². The number of amides is 1. The molecule has 132 valence electrons. The fourth-order valence-corrected chi connectivity index (χ4v) is 2.32. The average Bonchev–Trinajstić information content (AvgIpc) is 2.56. The number of anilines is 1. The van der Waals surface area contributed by atoms with Crippen LogP contribution in [0.3, 0.4) is 0 Å². The van der Waals surface area contributed by atoms with Crippen LogP contribution in [-0.2, 0) is 14.3 Å². The van der Waals surface area contributed by atoms with Gasteiger partial charge in [0.1, 0.15) is 5.75 Å². The van der Waals surface area contributed by atoms with Crippen molar-refractivity contribution in [2.75, 3.05) is 11.9 Å². The number of benzene rings is 2. The largest absolute Gasteiger partial charge is 0.481 e. The summed E-state index contributed by atoms with van der Waals surface area (Å²) in [4.78, 5) is 24.0. The van der Waals surface area contributed by atoms with Gasteiger partial charge in [0.25, 0.3) is 5.91 Å². The van der Waals surface area contributed by atoms with Crippen LogP contribution in [0.5, 0.6) is 5.75 Å². The fourth-order valence-electron chi connectivity index (χ4n) is 2.32. The highest BCUT2D eigenvalue weighted by atomic mass is 16.6. The molecule has 0 unspecified atom stereocenters. The molecule has 1 N–H and O–H groups in total. The first-order chi connectivity index (χ1) is 11.9. The number of rotatable bonds is 6. The first-order valence-corrected chi connectivity index (χ1v) is 8.13. The summed E-state index contributed by atoms with van der Waals surface area (Å²) in [5.41, 5.74) is 3.64. The molecule has 2 rings (SSSR count). The van der Waals surface area contributed by atoms with E-state index in [1.165, 1.54) is 6.92 Å². The van der Waals surface area contributed by atoms with Gasteiger partial charge in [-0.3, -0.25) is 4.79 Å². The number of ether oxygens (including phenoxy) is 2. The Bertz CT molecular complexity index is 733. The summed E-state index contributed by atoms with van der Waals surface area (Å²) in [6.45, 7) is 7.07. The fraction of sp³-hybridized carbons (Fsp3) is 0.300. The van der Waals surface area contributed by atoms with Crippen molar-refractivity contribution in [2.45, 2.75) is 33.8 Å². The molecule has 2 aromatic carbocycles. The van der Waals surface area contributed by atoms with E-state index < -0.39 is 12.1 Å². The number of esters is 1. The van der Waals surface area contributed by atoms with Crippen molar-refractivity contribution in [2.24, 2.45) is 0 Å². The molecule has 1 amide bonds. The Morgan fingerprint density at radius 2 is 1.60 bits per heavy atom. The molecular weight excluding hydrogens is 318 g/mol. The predicted octanol–water partition coefficient (Wildman–Crippen LogP) is 3.56. The van der Waals surface area contributed by atoms with E-state index in [-0.39, 0.29) is 12.5 Å². The molecule has 0 aliphatic carbocycles. The number of para-hydroxylation sites is 1. The standard InChI is InChI=1S/C20H23NO4/c1-13-8-10-17(11-9-13)21-20(23)16(4)25-18(22)12-24-19-14(2)6-5-7-15(19)3/h5-11,16H,12H2,1-4H3,(H,21,23)/t16-/m1/s1. The van der Waals surface area contributed by atoms with Gasteiger partial charge in [0, 0.05) is 5.69 Å². The third-order valence-electron chi connectivity index (χ3n) is 3.74. The van der Waals surface area contributed by atoms with Crippen LogP contribution >= 0.6 is 0 Å². The van der Waals surface area contributed by atoms with Crippen molar-refractivity contribution in [3.05, 3.63) is 59.2 Å². The van der Waals surface area contributed by atoms with E-state index in [9.17, 15) is 9.59 Å². The van der Waals surface area contributed by atoms with Crippen LogP contribution in [-0.4, -0.2) is 24.6 Å². The molecule has 0 spiro atoms. The Morgan fingerprint density at radius 1 is 1.00 bits per heavy atom. The minimum atomic E-state index is -0.907. The Labute approximate surface area is 148 Å². The van der Waals surface area contributed by atoms with Crippen LogP contribution in [0, 0.1) is 20.8 Å². The number of aryl methyl sites for hydroxylation is 3. The van der Waals surface area contributed by atoms with Gasteiger partial charge in [-0.15, -0.1) is 0 Å². The van der Waals surface area contributed by atoms with Gasteiger partial charge in [0.05, 0.1) is 0 Å². The summed E-state index contributed by atoms with van der Waals surface area (Å²) in [6, 6.07) is 13.1. The second-order valence-corrected chi connectivity index (χ2v) is 6.00. The van der Waals surface area contributed by atoms with E-state index in [0.717, 1.165) is 16.7 Å². The second kappa shape index (κ2) is 8.33. The Morgan fingerprint density at radius 3 is 2.20 bits per heavy atom. The highest BCUT2D eigenvalue weighted by Gasteiger charge is 2.18. The zero-order valence-electron chi connectivity index (χ0n) is 15.0. The quantitative estimate of drug-likeness (QED) is 0.816. The van der Waals surface area contributed by atoms with Crippen LogP contribution < -0.4 is 10.1 Å². The van der Waals surface area contributed by atoms with Crippen LogP contribution in [0.15, 0.2) is 42.5 Å². The summed E-state index contributed by atoms with van der Waals surface area (Å²) in [6.07, 6.45) is -0.907. The first-order valence-electron chi connectivity index (χ1n) is 8.13. The molecule has 0 aromatic heterocycles. The molecule has 5 heteroatoms. The van der Waals surface area contributed by atoms with Crippen LogP contribution in [0.25, 0.3) is 0 Å². The molecule has 0 fully saturated rings. The molecule has 0 aliphatic rings. The highest BCUT2D eigenvalue weighted by Crippen LogP contribution is 2.22. The molecule has 0 saturated heterocycles. The van der Waals surface area contributed by atoms with E-state index >= 15 is 0 Å². The van der Waals surface area contributed by atoms with Crippen molar-refractivity contribution in [3.8, 4) is 5.75 Å². The van der Waals surface area contributed by atoms with Crippen molar-refractivity contribution in [1.29, 1.82) is 0 Å². The molecule has 0 bridgehead atoms. The molecule has 0 saturated carbocycles. The Balaban J connectivity index is 1.85. The lowest BCUT2D eigenvalue weighted by molar-refractivity contribution is -0.155. The van der Waals surface area contributed by atoms with Gasteiger partial charge < -0.3 is 14.8 Å². The molecule has 1 atom stereocenters. The predicted molar refractivity (Wildman–Crippen MR) is 96.8 cm³/mol. The lowest BCUT2D eigenvalue weighted by Crippen LogP contribution is -2.31. The Hall–Kier alpha value is -2.82. The summed E-state index contributed by atoms with van der Waals surface area (Å²) in [5, 5.41) is 2.71. The van der Waals surface area contributed by atoms with Crippen LogP contribution in [0.2, 0.25) is 0 Å². The van der Waals surface area contributed by atoms with Gasteiger partial charge in [0.15, 0.2) is 12.7 Å². The third-order valence-corrected chi connectivity index (χ3v) is 3.74. The molecule has 0 radical (unpaired) electrons. The van der Waals surface area contributed by atoms with E-state index in [2.05, 4.69) is 5.32 Å². The monoisotopic (exact) mass is 341 g/mol. The van der Waals surface area contributed by atoms with Crippen molar-refractivity contribution in [3.63, 3.8) is 0 Å². The minimum absolute atomic E-state index is 0.242. The van der Waals surface area contributed by atoms with Gasteiger partial charge in [-0.25, -0.2) is 4.79 Å². The molecule has 25 heavy (non-hydrogen) atoms. The second-order valence-electron chi connectivity index (χ2n) is 6.00. The van der Waals surface area contributed by atoms with Crippen LogP contribution in [0.1, 0.15) is 23.6 Å². The zero-order chi connectivity index (χ0) is 18.4. The maximum Gasteiger partial charge on any atom is 0.344 e. The van der Waals surface area contributed by atoms with Crippen molar-refractivity contribution in [1.82, 2.24) is 0 Å². The number of hydrogen-bond acceptors (Lipinski definition) is 4. The SMILES string of the molecule is Cc1ccc(NC(=O)[C@@H](C)OC(=O)COc2c(C)cccc2C)cc1. The topological polar surface area (TPSA) is 64.6 Å². The van der Waals surface area contributed by atoms with E-state index in [1.807, 2.05) is 51.1 Å². The van der Waals surface area contributed by atoms with Crippen molar-refractivity contribution < 1.29 is 19.1 Å². The smallest absolute Gasteiger partial charge is 0.344 e. The third kappa shape index (κ3) is 5.35. The summed E-state index contributed by atoms with van der Waals surface area (Å²) >= 11 is 0. The maximum absolute atomic E-state index is 12.1. The summed E-state index contributed by atoms with van der Waals surface area (Å²) < 4.78 is 10.7.